The zero-order valence-corrected chi connectivity index (χ0v) is 21.4. The summed E-state index contributed by atoms with van der Waals surface area (Å²) in [6.45, 7) is 4.33. The first-order valence-corrected chi connectivity index (χ1v) is 3.71. The van der Waals surface area contributed by atoms with Crippen molar-refractivity contribution in [1.29, 1.82) is 0 Å². The van der Waals surface area contributed by atoms with Crippen molar-refractivity contribution < 1.29 is 39.6 Å². The maximum absolute atomic E-state index is 9.00. The van der Waals surface area contributed by atoms with E-state index in [4.69, 9.17) is 39.6 Å². The SMILES string of the molecule is CC(=O)O.CC(=O)O.CC(=O)O.CC(=O)O.[Na].[Na].[Na].[Na]. The Morgan fingerprint density at radius 2 is 0.450 bits per heavy atom. The van der Waals surface area contributed by atoms with Crippen molar-refractivity contribution in [3.05, 3.63) is 0 Å². The molecule has 100 valence electrons. The minimum absolute atomic E-state index is 0. The fourth-order valence-corrected chi connectivity index (χ4v) is 0. The van der Waals surface area contributed by atoms with E-state index in [1.54, 1.807) is 0 Å². The van der Waals surface area contributed by atoms with Crippen LogP contribution in [-0.4, -0.2) is 163 Å². The van der Waals surface area contributed by atoms with Crippen molar-refractivity contribution in [3.8, 4) is 0 Å². The number of carboxylic acid groups (broad SMARTS) is 4. The van der Waals surface area contributed by atoms with Crippen LogP contribution in [0.3, 0.4) is 0 Å². The first-order chi connectivity index (χ1) is 6.93. The van der Waals surface area contributed by atoms with Gasteiger partial charge in [-0.2, -0.15) is 0 Å². The van der Waals surface area contributed by atoms with Crippen molar-refractivity contribution in [1.82, 2.24) is 0 Å². The van der Waals surface area contributed by atoms with E-state index in [2.05, 4.69) is 0 Å². The van der Waals surface area contributed by atoms with Crippen LogP contribution in [0.2, 0.25) is 0 Å². The molecule has 0 atom stereocenters. The standard InChI is InChI=1S/4C2H4O2.4Na/c4*1-2(3)4;;;;/h4*1H3,(H,3,4);;;;. The predicted octanol–water partition coefficient (Wildman–Crippen LogP) is -1.16. The van der Waals surface area contributed by atoms with E-state index in [-0.39, 0.29) is 118 Å². The Morgan fingerprint density at radius 3 is 0.450 bits per heavy atom. The Labute approximate surface area is 206 Å². The summed E-state index contributed by atoms with van der Waals surface area (Å²) in [6, 6.07) is 0. The van der Waals surface area contributed by atoms with Gasteiger partial charge in [0.15, 0.2) is 0 Å². The molecule has 20 heavy (non-hydrogen) atoms. The van der Waals surface area contributed by atoms with Crippen LogP contribution in [-0.2, 0) is 19.2 Å². The topological polar surface area (TPSA) is 149 Å². The van der Waals surface area contributed by atoms with Crippen molar-refractivity contribution in [2.45, 2.75) is 27.7 Å². The Balaban J connectivity index is -0.0000000150. The average Bonchev–Trinajstić information content (AvgIpc) is 1.76. The van der Waals surface area contributed by atoms with E-state index in [0.29, 0.717) is 0 Å². The van der Waals surface area contributed by atoms with E-state index in [9.17, 15) is 0 Å². The maximum atomic E-state index is 9.00. The summed E-state index contributed by atoms with van der Waals surface area (Å²) in [5.41, 5.74) is 0. The Hall–Kier alpha value is 1.88. The van der Waals surface area contributed by atoms with Crippen LogP contribution < -0.4 is 0 Å². The van der Waals surface area contributed by atoms with E-state index in [1.165, 1.54) is 0 Å². The van der Waals surface area contributed by atoms with Crippen LogP contribution >= 0.6 is 0 Å². The van der Waals surface area contributed by atoms with Gasteiger partial charge in [0.05, 0.1) is 0 Å². The maximum Gasteiger partial charge on any atom is 0.300 e. The smallest absolute Gasteiger partial charge is 0.300 e. The van der Waals surface area contributed by atoms with Crippen LogP contribution in [0.1, 0.15) is 27.7 Å². The summed E-state index contributed by atoms with van der Waals surface area (Å²) in [6.07, 6.45) is 0. The summed E-state index contributed by atoms with van der Waals surface area (Å²) in [5, 5.41) is 29.7. The molecule has 0 heterocycles. The molecule has 12 heteroatoms. The molecule has 0 bridgehead atoms. The molecule has 0 fully saturated rings. The molecule has 0 aliphatic carbocycles. The minimum Gasteiger partial charge on any atom is -0.481 e. The van der Waals surface area contributed by atoms with Crippen LogP contribution in [0.15, 0.2) is 0 Å². The van der Waals surface area contributed by atoms with E-state index in [1.807, 2.05) is 0 Å². The van der Waals surface area contributed by atoms with Crippen molar-refractivity contribution in [3.63, 3.8) is 0 Å². The van der Waals surface area contributed by atoms with Gasteiger partial charge in [0.1, 0.15) is 0 Å². The van der Waals surface area contributed by atoms with Crippen LogP contribution in [0.4, 0.5) is 0 Å². The first kappa shape index (κ1) is 49.5. The van der Waals surface area contributed by atoms with Gasteiger partial charge in [0.25, 0.3) is 23.9 Å². The third-order valence-corrected chi connectivity index (χ3v) is 0. The minimum atomic E-state index is -0.833. The number of hydrogen-bond acceptors (Lipinski definition) is 4. The molecule has 0 spiro atoms. The second kappa shape index (κ2) is 42.8. The molecular weight excluding hydrogens is 316 g/mol. The fourth-order valence-electron chi connectivity index (χ4n) is 0. The molecular formula is C8H16Na4O8. The van der Waals surface area contributed by atoms with Gasteiger partial charge in [-0.05, 0) is 0 Å². The Kier molecular flexibility index (Phi) is 106. The van der Waals surface area contributed by atoms with Crippen LogP contribution in [0, 0.1) is 0 Å². The van der Waals surface area contributed by atoms with Gasteiger partial charge in [0, 0.05) is 146 Å². The van der Waals surface area contributed by atoms with E-state index < -0.39 is 23.9 Å². The van der Waals surface area contributed by atoms with Gasteiger partial charge in [-0.1, -0.05) is 0 Å². The summed E-state index contributed by atoms with van der Waals surface area (Å²) in [4.78, 5) is 36.0. The number of carboxylic acids is 4. The molecule has 4 N–H and O–H groups in total. The second-order valence-corrected chi connectivity index (χ2v) is 2.08. The number of hydrogen-bond donors (Lipinski definition) is 4. The quantitative estimate of drug-likeness (QED) is 0.406. The zero-order valence-electron chi connectivity index (χ0n) is 13.4. The molecule has 0 saturated heterocycles. The molecule has 0 aromatic heterocycles. The molecule has 0 amide bonds. The summed E-state index contributed by atoms with van der Waals surface area (Å²) in [5.74, 6) is -3.33. The van der Waals surface area contributed by atoms with Gasteiger partial charge in [-0.3, -0.25) is 19.2 Å². The number of aliphatic carboxylic acids is 4. The fraction of sp³-hybridized carbons (Fsp3) is 0.500. The molecule has 0 unspecified atom stereocenters. The van der Waals surface area contributed by atoms with Gasteiger partial charge >= 0.3 is 0 Å². The molecule has 4 radical (unpaired) electrons. The van der Waals surface area contributed by atoms with Crippen molar-refractivity contribution in [2.75, 3.05) is 0 Å². The predicted molar refractivity (Wildman–Crippen MR) is 76.3 cm³/mol. The molecule has 0 aliphatic heterocycles. The van der Waals surface area contributed by atoms with E-state index in [0.717, 1.165) is 27.7 Å². The molecule has 0 saturated carbocycles. The zero-order chi connectivity index (χ0) is 14.3. The summed E-state index contributed by atoms with van der Waals surface area (Å²) < 4.78 is 0. The van der Waals surface area contributed by atoms with Gasteiger partial charge in [-0.15, -0.1) is 0 Å². The van der Waals surface area contributed by atoms with Crippen molar-refractivity contribution in [2.24, 2.45) is 0 Å². The van der Waals surface area contributed by atoms with Gasteiger partial charge in [0.2, 0.25) is 0 Å². The monoisotopic (exact) mass is 332 g/mol. The second-order valence-electron chi connectivity index (χ2n) is 2.08. The number of rotatable bonds is 0. The first-order valence-electron chi connectivity index (χ1n) is 3.71. The van der Waals surface area contributed by atoms with Crippen molar-refractivity contribution >= 4 is 142 Å². The number of carbonyl (C=O) groups is 4. The van der Waals surface area contributed by atoms with Gasteiger partial charge in [-0.25, -0.2) is 0 Å². The van der Waals surface area contributed by atoms with Crippen LogP contribution in [0.25, 0.3) is 0 Å². The van der Waals surface area contributed by atoms with Crippen LogP contribution in [0.5, 0.6) is 0 Å². The molecule has 0 rings (SSSR count). The summed E-state index contributed by atoms with van der Waals surface area (Å²) in [7, 11) is 0. The molecule has 0 aromatic carbocycles. The summed E-state index contributed by atoms with van der Waals surface area (Å²) >= 11 is 0. The Morgan fingerprint density at radius 1 is 0.450 bits per heavy atom. The third kappa shape index (κ3) is 2000. The Bertz CT molecular complexity index is 171. The third-order valence-electron chi connectivity index (χ3n) is 0. The molecule has 0 aromatic rings. The average molecular weight is 332 g/mol. The molecule has 0 aliphatic rings. The van der Waals surface area contributed by atoms with E-state index >= 15 is 0 Å². The normalized spacial score (nSPS) is 5.00. The molecule has 8 nitrogen and oxygen atoms in total. The largest absolute Gasteiger partial charge is 0.481 e. The van der Waals surface area contributed by atoms with Gasteiger partial charge < -0.3 is 20.4 Å².